The number of allylic oxidation sites excluding steroid dienone is 2. The molecule has 7 rings (SSSR count). The number of carbonyl (C=O) groups is 3. The average Bonchev–Trinajstić information content (AvgIpc) is 3.58. The summed E-state index contributed by atoms with van der Waals surface area (Å²) in [6.45, 7) is -0.253. The number of benzene rings is 2. The first kappa shape index (κ1) is 19.6. The van der Waals surface area contributed by atoms with E-state index in [0.29, 0.717) is 34.0 Å². The van der Waals surface area contributed by atoms with Gasteiger partial charge in [0.2, 0.25) is 17.7 Å². The first-order valence-corrected chi connectivity index (χ1v) is 11.2. The molecule has 2 aromatic rings. The Labute approximate surface area is 190 Å². The highest BCUT2D eigenvalue weighted by Crippen LogP contribution is 2.65. The number of imide groups is 1. The number of rotatable bonds is 5. The summed E-state index contributed by atoms with van der Waals surface area (Å²) in [7, 11) is 0. The third-order valence-corrected chi connectivity index (χ3v) is 7.57. The van der Waals surface area contributed by atoms with Crippen LogP contribution in [-0.2, 0) is 14.4 Å². The second-order valence-corrected chi connectivity index (χ2v) is 9.43. The fourth-order valence-electron chi connectivity index (χ4n) is 5.78. The van der Waals surface area contributed by atoms with Gasteiger partial charge in [0.05, 0.1) is 16.9 Å². The number of amides is 3. The maximum atomic E-state index is 13.0. The molecule has 5 aliphatic rings. The third kappa shape index (κ3) is 3.05. The normalized spacial score (nSPS) is 31.3. The van der Waals surface area contributed by atoms with Gasteiger partial charge in [0.15, 0.2) is 0 Å². The molecule has 162 valence electrons. The van der Waals surface area contributed by atoms with Gasteiger partial charge in [-0.15, -0.1) is 0 Å². The van der Waals surface area contributed by atoms with E-state index in [1.807, 2.05) is 12.1 Å². The van der Waals surface area contributed by atoms with Gasteiger partial charge in [0, 0.05) is 5.69 Å². The number of ether oxygens (including phenoxy) is 1. The zero-order valence-electron chi connectivity index (χ0n) is 17.1. The monoisotopic (exact) mass is 448 g/mol. The maximum absolute atomic E-state index is 13.0. The second kappa shape index (κ2) is 7.20. The molecule has 1 saturated heterocycles. The number of nitrogens with zero attached hydrogens (tertiary/aromatic N) is 1. The number of hydrogen-bond acceptors (Lipinski definition) is 4. The summed E-state index contributed by atoms with van der Waals surface area (Å²) >= 11 is 6.11. The van der Waals surface area contributed by atoms with E-state index in [2.05, 4.69) is 17.5 Å². The van der Waals surface area contributed by atoms with Gasteiger partial charge in [-0.3, -0.25) is 19.3 Å². The van der Waals surface area contributed by atoms with Crippen molar-refractivity contribution in [3.05, 3.63) is 65.7 Å². The van der Waals surface area contributed by atoms with Crippen LogP contribution in [0.3, 0.4) is 0 Å². The highest BCUT2D eigenvalue weighted by molar-refractivity contribution is 6.32. The summed E-state index contributed by atoms with van der Waals surface area (Å²) in [5.41, 5.74) is 0.556. The molecule has 1 N–H and O–H groups in total. The number of para-hydroxylation sites is 1. The Morgan fingerprint density at radius 3 is 2.22 bits per heavy atom. The van der Waals surface area contributed by atoms with Crippen molar-refractivity contribution in [3.63, 3.8) is 0 Å². The van der Waals surface area contributed by atoms with Crippen molar-refractivity contribution >= 4 is 35.0 Å². The van der Waals surface area contributed by atoms with Gasteiger partial charge in [0.1, 0.15) is 18.0 Å². The lowest BCUT2D eigenvalue weighted by molar-refractivity contribution is -0.142. The van der Waals surface area contributed by atoms with Crippen LogP contribution in [0.25, 0.3) is 0 Å². The molecule has 7 heteroatoms. The van der Waals surface area contributed by atoms with Gasteiger partial charge in [-0.25, -0.2) is 0 Å². The number of anilines is 1. The molecule has 0 unspecified atom stereocenters. The minimum atomic E-state index is -0.393. The first-order chi connectivity index (χ1) is 15.5. The molecule has 0 aromatic heterocycles. The van der Waals surface area contributed by atoms with Crippen LogP contribution in [0.2, 0.25) is 5.02 Å². The van der Waals surface area contributed by atoms with Crippen molar-refractivity contribution in [3.8, 4) is 11.5 Å². The van der Waals surface area contributed by atoms with Gasteiger partial charge >= 0.3 is 0 Å². The topological polar surface area (TPSA) is 75.7 Å². The van der Waals surface area contributed by atoms with E-state index in [9.17, 15) is 14.4 Å². The molecule has 0 radical (unpaired) electrons. The summed E-state index contributed by atoms with van der Waals surface area (Å²) in [6, 6.07) is 14.0. The Bertz CT molecular complexity index is 1120. The number of carbonyl (C=O) groups excluding carboxylic acids is 3. The molecular weight excluding hydrogens is 428 g/mol. The third-order valence-electron chi connectivity index (χ3n) is 7.26. The lowest BCUT2D eigenvalue weighted by Crippen LogP contribution is -2.40. The fourth-order valence-corrected chi connectivity index (χ4v) is 5.95. The van der Waals surface area contributed by atoms with Crippen LogP contribution in [0.4, 0.5) is 5.69 Å². The van der Waals surface area contributed by atoms with Crippen molar-refractivity contribution in [1.29, 1.82) is 0 Å². The molecule has 2 bridgehead atoms. The van der Waals surface area contributed by atoms with Crippen LogP contribution in [0.15, 0.2) is 60.7 Å². The molecule has 6 nitrogen and oxygen atoms in total. The largest absolute Gasteiger partial charge is 0.456 e. The Kier molecular flexibility index (Phi) is 4.40. The van der Waals surface area contributed by atoms with Gasteiger partial charge in [-0.1, -0.05) is 35.9 Å². The molecule has 1 aliphatic heterocycles. The number of halogens is 1. The zero-order valence-corrected chi connectivity index (χ0v) is 17.9. The zero-order chi connectivity index (χ0) is 22.0. The molecule has 4 aliphatic carbocycles. The number of hydrogen-bond donors (Lipinski definition) is 1. The molecule has 2 saturated carbocycles. The summed E-state index contributed by atoms with van der Waals surface area (Å²) in [6.07, 6.45) is 5.37. The summed E-state index contributed by atoms with van der Waals surface area (Å²) < 4.78 is 5.75. The lowest BCUT2D eigenvalue weighted by atomic mass is 9.63. The molecule has 0 spiro atoms. The molecule has 6 atom stereocenters. The molecule has 32 heavy (non-hydrogen) atoms. The van der Waals surface area contributed by atoms with E-state index in [4.69, 9.17) is 16.3 Å². The summed E-state index contributed by atoms with van der Waals surface area (Å²) in [5, 5.41) is 3.27. The predicted molar refractivity (Wildman–Crippen MR) is 118 cm³/mol. The van der Waals surface area contributed by atoms with Crippen molar-refractivity contribution in [1.82, 2.24) is 4.90 Å². The van der Waals surface area contributed by atoms with Crippen molar-refractivity contribution in [2.75, 3.05) is 11.9 Å². The molecule has 3 fully saturated rings. The molecule has 1 heterocycles. The Balaban J connectivity index is 1.10. The number of likely N-dealkylation sites (tertiary alicyclic amines) is 1. The Hall–Kier alpha value is -3.12. The molecule has 2 aromatic carbocycles. The minimum absolute atomic E-state index is 0.158. The lowest BCUT2D eigenvalue weighted by Gasteiger charge is -2.37. The van der Waals surface area contributed by atoms with E-state index >= 15 is 0 Å². The van der Waals surface area contributed by atoms with Crippen LogP contribution in [0.1, 0.15) is 6.42 Å². The van der Waals surface area contributed by atoms with Crippen LogP contribution in [0.5, 0.6) is 11.5 Å². The SMILES string of the molecule is O=C(CN1C(=O)[C@H]2[C@@H]3C=C[C@H]([C@H]4C[C@H]34)[C@@H]2C1=O)Nc1ccc(Oc2ccccc2Cl)cc1. The van der Waals surface area contributed by atoms with E-state index in [-0.39, 0.29) is 42.0 Å². The van der Waals surface area contributed by atoms with Gasteiger partial charge in [-0.2, -0.15) is 0 Å². The summed E-state index contributed by atoms with van der Waals surface area (Å²) in [4.78, 5) is 39.8. The van der Waals surface area contributed by atoms with Crippen LogP contribution >= 0.6 is 11.6 Å². The quantitative estimate of drug-likeness (QED) is 0.551. The van der Waals surface area contributed by atoms with Crippen LogP contribution in [-0.4, -0.2) is 29.2 Å². The molecule has 3 amide bonds. The fraction of sp³-hybridized carbons (Fsp3) is 0.320. The Morgan fingerprint density at radius 1 is 0.969 bits per heavy atom. The van der Waals surface area contributed by atoms with E-state index in [1.165, 1.54) is 0 Å². The summed E-state index contributed by atoms with van der Waals surface area (Å²) in [5.74, 6) is 1.18. The number of nitrogens with one attached hydrogen (secondary N) is 1. The van der Waals surface area contributed by atoms with Crippen molar-refractivity contribution < 1.29 is 19.1 Å². The Morgan fingerprint density at radius 2 is 1.59 bits per heavy atom. The van der Waals surface area contributed by atoms with Crippen LogP contribution in [0, 0.1) is 35.5 Å². The predicted octanol–water partition coefficient (Wildman–Crippen LogP) is 4.12. The smallest absolute Gasteiger partial charge is 0.244 e. The van der Waals surface area contributed by atoms with Crippen molar-refractivity contribution in [2.45, 2.75) is 6.42 Å². The molecular formula is C25H21ClN2O4. The second-order valence-electron chi connectivity index (χ2n) is 9.02. The maximum Gasteiger partial charge on any atom is 0.244 e. The minimum Gasteiger partial charge on any atom is -0.456 e. The van der Waals surface area contributed by atoms with E-state index in [0.717, 1.165) is 11.3 Å². The standard InChI is InChI=1S/C25H21ClN2O4/c26-19-3-1-2-4-20(19)32-14-7-5-13(6-8-14)27-21(29)12-28-24(30)22-15-9-10-16(18-11-17(15)18)23(22)25(28)31/h1-10,15-18,22-23H,11-12H2,(H,27,29)/t15-,16-,17-,18-,22+,23+/m1/s1. The van der Waals surface area contributed by atoms with Gasteiger partial charge in [0.25, 0.3) is 0 Å². The first-order valence-electron chi connectivity index (χ1n) is 10.9. The van der Waals surface area contributed by atoms with E-state index < -0.39 is 5.91 Å². The van der Waals surface area contributed by atoms with E-state index in [1.54, 1.807) is 36.4 Å². The van der Waals surface area contributed by atoms with Gasteiger partial charge in [-0.05, 0) is 66.5 Å². The highest BCUT2D eigenvalue weighted by atomic mass is 35.5. The average molecular weight is 449 g/mol. The van der Waals surface area contributed by atoms with Crippen LogP contribution < -0.4 is 10.1 Å². The highest BCUT2D eigenvalue weighted by Gasteiger charge is 2.67. The van der Waals surface area contributed by atoms with Gasteiger partial charge < -0.3 is 10.1 Å². The van der Waals surface area contributed by atoms with Crippen molar-refractivity contribution in [2.24, 2.45) is 35.5 Å².